The van der Waals surface area contributed by atoms with Crippen molar-refractivity contribution in [2.75, 3.05) is 11.4 Å². The predicted octanol–water partition coefficient (Wildman–Crippen LogP) is 2.37. The molecule has 1 fully saturated rings. The van der Waals surface area contributed by atoms with E-state index < -0.39 is 0 Å². The van der Waals surface area contributed by atoms with Crippen LogP contribution in [0.15, 0.2) is 41.1 Å². The molecule has 0 spiro atoms. The van der Waals surface area contributed by atoms with Crippen molar-refractivity contribution in [3.8, 4) is 0 Å². The molecular weight excluding hydrogens is 312 g/mol. The fourth-order valence-corrected chi connectivity index (χ4v) is 3.19. The second kappa shape index (κ2) is 6.75. The minimum atomic E-state index is -0.192. The number of amides is 3. The SMILES string of the molecule is O=C(NCCc1ccsc1)c1ccc(N2C(=O)CCC2=O)cc1. The lowest BCUT2D eigenvalue weighted by Crippen LogP contribution is -2.29. The largest absolute Gasteiger partial charge is 0.352 e. The molecule has 2 heterocycles. The van der Waals surface area contributed by atoms with E-state index in [1.807, 2.05) is 11.4 Å². The molecule has 1 aliphatic rings. The zero-order valence-corrected chi connectivity index (χ0v) is 13.3. The molecule has 1 aliphatic heterocycles. The van der Waals surface area contributed by atoms with E-state index in [9.17, 15) is 14.4 Å². The van der Waals surface area contributed by atoms with E-state index in [2.05, 4.69) is 10.7 Å². The van der Waals surface area contributed by atoms with E-state index in [1.54, 1.807) is 35.6 Å². The maximum atomic E-state index is 12.1. The monoisotopic (exact) mass is 328 g/mol. The Bertz CT molecular complexity index is 707. The van der Waals surface area contributed by atoms with Crippen LogP contribution in [0, 0.1) is 0 Å². The van der Waals surface area contributed by atoms with Crippen molar-refractivity contribution < 1.29 is 14.4 Å². The number of hydrogen-bond acceptors (Lipinski definition) is 4. The minimum Gasteiger partial charge on any atom is -0.352 e. The zero-order chi connectivity index (χ0) is 16.2. The van der Waals surface area contributed by atoms with Gasteiger partial charge in [-0.3, -0.25) is 19.3 Å². The smallest absolute Gasteiger partial charge is 0.251 e. The Hall–Kier alpha value is -2.47. The summed E-state index contributed by atoms with van der Waals surface area (Å²) >= 11 is 1.64. The van der Waals surface area contributed by atoms with Gasteiger partial charge in [0.15, 0.2) is 0 Å². The van der Waals surface area contributed by atoms with Gasteiger partial charge in [0.1, 0.15) is 0 Å². The van der Waals surface area contributed by atoms with Crippen molar-refractivity contribution in [2.24, 2.45) is 0 Å². The average molecular weight is 328 g/mol. The lowest BCUT2D eigenvalue weighted by molar-refractivity contribution is -0.121. The summed E-state index contributed by atoms with van der Waals surface area (Å²) in [6, 6.07) is 8.57. The molecule has 0 bridgehead atoms. The molecule has 23 heavy (non-hydrogen) atoms. The molecular formula is C17H16N2O3S. The molecule has 3 rings (SSSR count). The number of rotatable bonds is 5. The lowest BCUT2D eigenvalue weighted by Gasteiger charge is -2.14. The molecule has 1 N–H and O–H groups in total. The number of benzene rings is 1. The van der Waals surface area contributed by atoms with Crippen LogP contribution >= 0.6 is 11.3 Å². The number of nitrogens with one attached hydrogen (secondary N) is 1. The normalized spacial score (nSPS) is 14.3. The van der Waals surface area contributed by atoms with Gasteiger partial charge in [-0.05, 0) is 53.1 Å². The predicted molar refractivity (Wildman–Crippen MR) is 88.5 cm³/mol. The van der Waals surface area contributed by atoms with Crippen molar-refractivity contribution in [3.63, 3.8) is 0 Å². The number of hydrogen-bond donors (Lipinski definition) is 1. The van der Waals surface area contributed by atoms with Crippen molar-refractivity contribution >= 4 is 34.7 Å². The molecule has 1 aromatic heterocycles. The van der Waals surface area contributed by atoms with E-state index >= 15 is 0 Å². The van der Waals surface area contributed by atoms with E-state index in [0.29, 0.717) is 17.8 Å². The van der Waals surface area contributed by atoms with E-state index in [-0.39, 0.29) is 30.6 Å². The summed E-state index contributed by atoms with van der Waals surface area (Å²) in [6.45, 7) is 0.570. The van der Waals surface area contributed by atoms with Gasteiger partial charge in [-0.1, -0.05) is 0 Å². The Morgan fingerprint density at radius 1 is 1.09 bits per heavy atom. The van der Waals surface area contributed by atoms with E-state index in [4.69, 9.17) is 0 Å². The molecule has 1 saturated heterocycles. The van der Waals surface area contributed by atoms with Crippen molar-refractivity contribution in [1.82, 2.24) is 5.32 Å². The molecule has 2 aromatic rings. The molecule has 0 aliphatic carbocycles. The highest BCUT2D eigenvalue weighted by Gasteiger charge is 2.30. The first-order chi connectivity index (χ1) is 11.1. The summed E-state index contributed by atoms with van der Waals surface area (Å²) in [5, 5.41) is 6.93. The third kappa shape index (κ3) is 3.48. The fourth-order valence-electron chi connectivity index (χ4n) is 2.48. The van der Waals surface area contributed by atoms with Gasteiger partial charge in [0.05, 0.1) is 5.69 Å². The van der Waals surface area contributed by atoms with Gasteiger partial charge in [0.2, 0.25) is 11.8 Å². The Labute approximate surface area is 137 Å². The Balaban J connectivity index is 1.59. The van der Waals surface area contributed by atoms with Crippen LogP contribution in [0.1, 0.15) is 28.8 Å². The number of thiophene rings is 1. The van der Waals surface area contributed by atoms with E-state index in [0.717, 1.165) is 6.42 Å². The van der Waals surface area contributed by atoms with Crippen LogP contribution in [-0.4, -0.2) is 24.3 Å². The number of carbonyl (C=O) groups excluding carboxylic acids is 3. The molecule has 5 nitrogen and oxygen atoms in total. The summed E-state index contributed by atoms with van der Waals surface area (Å²) in [5.74, 6) is -0.545. The summed E-state index contributed by atoms with van der Waals surface area (Å²) in [5.41, 5.74) is 2.24. The van der Waals surface area contributed by atoms with Crippen LogP contribution < -0.4 is 10.2 Å². The Morgan fingerprint density at radius 3 is 2.39 bits per heavy atom. The van der Waals surface area contributed by atoms with Crippen LogP contribution in [0.4, 0.5) is 5.69 Å². The molecule has 0 saturated carbocycles. The summed E-state index contributed by atoms with van der Waals surface area (Å²) in [4.78, 5) is 36.6. The maximum Gasteiger partial charge on any atom is 0.251 e. The van der Waals surface area contributed by atoms with E-state index in [1.165, 1.54) is 10.5 Å². The third-order valence-corrected chi connectivity index (χ3v) is 4.45. The molecule has 118 valence electrons. The van der Waals surface area contributed by atoms with Crippen molar-refractivity contribution in [2.45, 2.75) is 19.3 Å². The topological polar surface area (TPSA) is 66.5 Å². The maximum absolute atomic E-state index is 12.1. The van der Waals surface area contributed by atoms with Crippen molar-refractivity contribution in [3.05, 3.63) is 52.2 Å². The second-order valence-electron chi connectivity index (χ2n) is 5.31. The average Bonchev–Trinajstić information content (AvgIpc) is 3.18. The first kappa shape index (κ1) is 15.4. The quantitative estimate of drug-likeness (QED) is 0.857. The van der Waals surface area contributed by atoms with Gasteiger partial charge in [0.25, 0.3) is 5.91 Å². The summed E-state index contributed by atoms with van der Waals surface area (Å²) in [6.07, 6.45) is 1.30. The zero-order valence-electron chi connectivity index (χ0n) is 12.5. The van der Waals surface area contributed by atoms with Gasteiger partial charge in [-0.15, -0.1) is 0 Å². The molecule has 1 aromatic carbocycles. The van der Waals surface area contributed by atoms with Crippen molar-refractivity contribution in [1.29, 1.82) is 0 Å². The Morgan fingerprint density at radius 2 is 1.78 bits per heavy atom. The molecule has 3 amide bonds. The number of anilines is 1. The number of imide groups is 1. The molecule has 6 heteroatoms. The standard InChI is InChI=1S/C17H16N2O3S/c20-15-5-6-16(21)19(15)14-3-1-13(2-4-14)17(22)18-9-7-12-8-10-23-11-12/h1-4,8,10-11H,5-7,9H2,(H,18,22). The minimum absolute atomic E-state index is 0.161. The third-order valence-electron chi connectivity index (χ3n) is 3.72. The molecule has 0 radical (unpaired) electrons. The second-order valence-corrected chi connectivity index (χ2v) is 6.09. The highest BCUT2D eigenvalue weighted by molar-refractivity contribution is 7.07. The number of carbonyl (C=O) groups is 3. The van der Waals surface area contributed by atoms with Crippen LogP contribution in [0.2, 0.25) is 0 Å². The van der Waals surface area contributed by atoms with Crippen LogP contribution in [0.25, 0.3) is 0 Å². The van der Waals surface area contributed by atoms with Crippen LogP contribution in [-0.2, 0) is 16.0 Å². The first-order valence-electron chi connectivity index (χ1n) is 7.40. The fraction of sp³-hybridized carbons (Fsp3) is 0.235. The first-order valence-corrected chi connectivity index (χ1v) is 8.34. The molecule has 0 atom stereocenters. The van der Waals surface area contributed by atoms with Gasteiger partial charge < -0.3 is 5.32 Å². The van der Waals surface area contributed by atoms with Gasteiger partial charge in [0, 0.05) is 24.9 Å². The van der Waals surface area contributed by atoms with Gasteiger partial charge >= 0.3 is 0 Å². The molecule has 0 unspecified atom stereocenters. The number of nitrogens with zero attached hydrogens (tertiary/aromatic N) is 1. The van der Waals surface area contributed by atoms with Crippen LogP contribution in [0.5, 0.6) is 0 Å². The summed E-state index contributed by atoms with van der Waals surface area (Å²) in [7, 11) is 0. The van der Waals surface area contributed by atoms with Crippen LogP contribution in [0.3, 0.4) is 0 Å². The summed E-state index contributed by atoms with van der Waals surface area (Å²) < 4.78 is 0. The highest BCUT2D eigenvalue weighted by atomic mass is 32.1. The highest BCUT2D eigenvalue weighted by Crippen LogP contribution is 2.22. The Kier molecular flexibility index (Phi) is 4.52. The van der Waals surface area contributed by atoms with Gasteiger partial charge in [-0.25, -0.2) is 0 Å². The lowest BCUT2D eigenvalue weighted by atomic mass is 10.1. The van der Waals surface area contributed by atoms with Gasteiger partial charge in [-0.2, -0.15) is 11.3 Å².